The first kappa shape index (κ1) is 16.4. The van der Waals surface area contributed by atoms with E-state index in [4.69, 9.17) is 6.42 Å². The number of nitrogens with one attached hydrogen (secondary N) is 2. The summed E-state index contributed by atoms with van der Waals surface area (Å²) in [6.45, 7) is 2.16. The average molecular weight is 280 g/mol. The normalized spacial score (nSPS) is 18.6. The molecule has 0 heterocycles. The number of hydrogen-bond donors (Lipinski definition) is 3. The molecule has 1 aliphatic rings. The summed E-state index contributed by atoms with van der Waals surface area (Å²) in [5, 5.41) is 14.8. The predicted molar refractivity (Wildman–Crippen MR) is 77.2 cm³/mol. The summed E-state index contributed by atoms with van der Waals surface area (Å²) in [5.41, 5.74) is -0.814. The summed E-state index contributed by atoms with van der Waals surface area (Å²) in [6.07, 6.45) is 11.0. The van der Waals surface area contributed by atoms with E-state index in [9.17, 15) is 14.7 Å². The highest BCUT2D eigenvalue weighted by molar-refractivity contribution is 5.78. The van der Waals surface area contributed by atoms with Crippen molar-refractivity contribution in [1.29, 1.82) is 0 Å². The molecule has 3 N–H and O–H groups in total. The van der Waals surface area contributed by atoms with E-state index >= 15 is 0 Å². The Kier molecular flexibility index (Phi) is 6.37. The van der Waals surface area contributed by atoms with Gasteiger partial charge in [-0.3, -0.25) is 4.79 Å². The van der Waals surface area contributed by atoms with Gasteiger partial charge in [0, 0.05) is 6.54 Å². The second-order valence-electron chi connectivity index (χ2n) is 5.48. The molecule has 0 spiro atoms. The van der Waals surface area contributed by atoms with Crippen molar-refractivity contribution in [3.8, 4) is 12.3 Å². The summed E-state index contributed by atoms with van der Waals surface area (Å²) in [5.74, 6) is 1.70. The lowest BCUT2D eigenvalue weighted by Crippen LogP contribution is -2.49. The Morgan fingerprint density at radius 2 is 2.00 bits per heavy atom. The predicted octanol–water partition coefficient (Wildman–Crippen LogP) is 2.12. The molecule has 1 aliphatic carbocycles. The summed E-state index contributed by atoms with van der Waals surface area (Å²) in [6, 6.07) is -0.681. The third-order valence-electron chi connectivity index (χ3n) is 3.94. The van der Waals surface area contributed by atoms with Crippen LogP contribution in [0.3, 0.4) is 0 Å². The van der Waals surface area contributed by atoms with Gasteiger partial charge in [-0.1, -0.05) is 38.5 Å². The molecule has 5 heteroatoms. The van der Waals surface area contributed by atoms with Crippen LogP contribution >= 0.6 is 0 Å². The van der Waals surface area contributed by atoms with Gasteiger partial charge in [0.25, 0.3) is 0 Å². The molecule has 0 bridgehead atoms. The highest BCUT2D eigenvalue weighted by Crippen LogP contribution is 2.35. The zero-order valence-electron chi connectivity index (χ0n) is 12.1. The van der Waals surface area contributed by atoms with Gasteiger partial charge in [-0.2, -0.15) is 0 Å². The van der Waals surface area contributed by atoms with Crippen molar-refractivity contribution in [2.24, 2.45) is 5.41 Å². The molecule has 1 fully saturated rings. The largest absolute Gasteiger partial charge is 0.481 e. The number of terminal acetylenes is 1. The van der Waals surface area contributed by atoms with Crippen molar-refractivity contribution in [2.45, 2.75) is 57.9 Å². The molecule has 5 nitrogen and oxygen atoms in total. The molecule has 0 aromatic heterocycles. The van der Waals surface area contributed by atoms with Crippen molar-refractivity contribution in [3.05, 3.63) is 0 Å². The van der Waals surface area contributed by atoms with Crippen LogP contribution in [0.5, 0.6) is 0 Å². The molecule has 0 radical (unpaired) electrons. The lowest BCUT2D eigenvalue weighted by Gasteiger charge is -2.33. The quantitative estimate of drug-likeness (QED) is 0.652. The fourth-order valence-corrected chi connectivity index (χ4v) is 2.64. The Morgan fingerprint density at radius 1 is 1.35 bits per heavy atom. The molecule has 112 valence electrons. The minimum absolute atomic E-state index is 0.164. The molecule has 0 aromatic rings. The molecule has 1 rings (SSSR count). The fraction of sp³-hybridized carbons (Fsp3) is 0.733. The molecule has 0 aliphatic heterocycles. The standard InChI is InChI=1S/C15H24N2O3/c1-3-8-12(4-2)17-14(20)16-11-15(13(18)19)9-6-5-7-10-15/h2,12H,3,5-11H2,1H3,(H,18,19)(H2,16,17,20). The first-order chi connectivity index (χ1) is 9.54. The fourth-order valence-electron chi connectivity index (χ4n) is 2.64. The van der Waals surface area contributed by atoms with E-state index in [0.29, 0.717) is 19.3 Å². The average Bonchev–Trinajstić information content (AvgIpc) is 2.45. The lowest BCUT2D eigenvalue weighted by molar-refractivity contribution is -0.150. The number of carboxylic acid groups (broad SMARTS) is 1. The summed E-state index contributed by atoms with van der Waals surface area (Å²) in [7, 11) is 0. The van der Waals surface area contributed by atoms with E-state index in [-0.39, 0.29) is 18.6 Å². The molecule has 1 unspecified atom stereocenters. The van der Waals surface area contributed by atoms with Gasteiger partial charge in [-0.05, 0) is 19.3 Å². The Morgan fingerprint density at radius 3 is 2.50 bits per heavy atom. The highest BCUT2D eigenvalue weighted by atomic mass is 16.4. The molecule has 20 heavy (non-hydrogen) atoms. The summed E-state index contributed by atoms with van der Waals surface area (Å²) < 4.78 is 0. The molecule has 1 atom stereocenters. The third kappa shape index (κ3) is 4.44. The number of rotatable bonds is 6. The summed E-state index contributed by atoms with van der Waals surface area (Å²) >= 11 is 0. The number of hydrogen-bond acceptors (Lipinski definition) is 2. The Labute approximate surface area is 120 Å². The van der Waals surface area contributed by atoms with Gasteiger partial charge in [0.15, 0.2) is 0 Å². The zero-order chi connectivity index (χ0) is 15.0. The first-order valence-electron chi connectivity index (χ1n) is 7.28. The number of amides is 2. The van der Waals surface area contributed by atoms with E-state index in [0.717, 1.165) is 25.7 Å². The number of carbonyl (C=O) groups is 2. The number of urea groups is 1. The molecule has 1 saturated carbocycles. The van der Waals surface area contributed by atoms with Gasteiger partial charge in [0.1, 0.15) is 0 Å². The molecule has 2 amide bonds. The van der Waals surface area contributed by atoms with E-state index in [1.165, 1.54) is 0 Å². The van der Waals surface area contributed by atoms with Crippen molar-refractivity contribution >= 4 is 12.0 Å². The lowest BCUT2D eigenvalue weighted by atomic mass is 9.74. The van der Waals surface area contributed by atoms with Crippen LogP contribution in [0.4, 0.5) is 4.79 Å². The van der Waals surface area contributed by atoms with Crippen LogP contribution in [-0.4, -0.2) is 29.7 Å². The second-order valence-corrected chi connectivity index (χ2v) is 5.48. The Hall–Kier alpha value is -1.70. The number of carboxylic acids is 1. The third-order valence-corrected chi connectivity index (χ3v) is 3.94. The van der Waals surface area contributed by atoms with Gasteiger partial charge in [-0.15, -0.1) is 6.42 Å². The maximum Gasteiger partial charge on any atom is 0.315 e. The van der Waals surface area contributed by atoms with Crippen LogP contribution in [0.15, 0.2) is 0 Å². The van der Waals surface area contributed by atoms with Gasteiger partial charge in [-0.25, -0.2) is 4.79 Å². The maximum absolute atomic E-state index is 11.8. The van der Waals surface area contributed by atoms with Crippen LogP contribution in [-0.2, 0) is 4.79 Å². The van der Waals surface area contributed by atoms with Gasteiger partial charge >= 0.3 is 12.0 Å². The smallest absolute Gasteiger partial charge is 0.315 e. The van der Waals surface area contributed by atoms with Gasteiger partial charge in [0.05, 0.1) is 11.5 Å². The van der Waals surface area contributed by atoms with Crippen LogP contribution in [0.1, 0.15) is 51.9 Å². The Balaban J connectivity index is 2.49. The molecule has 0 aromatic carbocycles. The summed E-state index contributed by atoms with van der Waals surface area (Å²) in [4.78, 5) is 23.2. The zero-order valence-corrected chi connectivity index (χ0v) is 12.1. The van der Waals surface area contributed by atoms with Crippen molar-refractivity contribution in [1.82, 2.24) is 10.6 Å². The number of carbonyl (C=O) groups excluding carboxylic acids is 1. The minimum Gasteiger partial charge on any atom is -0.481 e. The molecule has 0 saturated heterocycles. The van der Waals surface area contributed by atoms with Gasteiger partial charge in [0.2, 0.25) is 0 Å². The van der Waals surface area contributed by atoms with Gasteiger partial charge < -0.3 is 15.7 Å². The SMILES string of the molecule is C#CC(CCC)NC(=O)NCC1(C(=O)O)CCCCC1. The van der Waals surface area contributed by atoms with Crippen LogP contribution in [0, 0.1) is 17.8 Å². The first-order valence-corrected chi connectivity index (χ1v) is 7.28. The van der Waals surface area contributed by atoms with E-state index in [1.807, 2.05) is 6.92 Å². The Bertz CT molecular complexity index is 381. The molecular formula is C15H24N2O3. The minimum atomic E-state index is -0.820. The van der Waals surface area contributed by atoms with Crippen LogP contribution in [0.25, 0.3) is 0 Å². The van der Waals surface area contributed by atoms with Crippen molar-refractivity contribution < 1.29 is 14.7 Å². The van der Waals surface area contributed by atoms with Crippen LogP contribution < -0.4 is 10.6 Å². The number of aliphatic carboxylic acids is 1. The maximum atomic E-state index is 11.8. The van der Waals surface area contributed by atoms with E-state index in [1.54, 1.807) is 0 Å². The topological polar surface area (TPSA) is 78.4 Å². The van der Waals surface area contributed by atoms with E-state index in [2.05, 4.69) is 16.6 Å². The van der Waals surface area contributed by atoms with Crippen molar-refractivity contribution in [2.75, 3.05) is 6.54 Å². The van der Waals surface area contributed by atoms with Crippen molar-refractivity contribution in [3.63, 3.8) is 0 Å². The monoisotopic (exact) mass is 280 g/mol. The molecular weight excluding hydrogens is 256 g/mol. The highest BCUT2D eigenvalue weighted by Gasteiger charge is 2.39. The second kappa shape index (κ2) is 7.78. The van der Waals surface area contributed by atoms with E-state index < -0.39 is 11.4 Å². The van der Waals surface area contributed by atoms with Crippen LogP contribution in [0.2, 0.25) is 0 Å².